The zero-order valence-electron chi connectivity index (χ0n) is 10.6. The smallest absolute Gasteiger partial charge is 0.240 e. The number of nitrogens with one attached hydrogen (secondary N) is 1. The van der Waals surface area contributed by atoms with Gasteiger partial charge in [0.25, 0.3) is 0 Å². The first kappa shape index (κ1) is 15.9. The SMILES string of the molecule is CCC(N)(CC)CNS(=O)(=O)c1cccc(I)c1. The number of benzene rings is 1. The van der Waals surface area contributed by atoms with E-state index in [9.17, 15) is 8.42 Å². The van der Waals surface area contributed by atoms with Crippen LogP contribution in [0.5, 0.6) is 0 Å². The van der Waals surface area contributed by atoms with Gasteiger partial charge in [-0.3, -0.25) is 0 Å². The molecule has 0 fully saturated rings. The van der Waals surface area contributed by atoms with Gasteiger partial charge in [-0.25, -0.2) is 13.1 Å². The molecule has 102 valence electrons. The Balaban J connectivity index is 2.84. The number of sulfonamides is 1. The van der Waals surface area contributed by atoms with Crippen LogP contribution in [-0.2, 0) is 10.0 Å². The Hall–Kier alpha value is -0.180. The summed E-state index contributed by atoms with van der Waals surface area (Å²) in [6.45, 7) is 4.18. The lowest BCUT2D eigenvalue weighted by atomic mass is 9.95. The van der Waals surface area contributed by atoms with Crippen molar-refractivity contribution in [2.75, 3.05) is 6.54 Å². The Kier molecular flexibility index (Phi) is 5.57. The second-order valence-electron chi connectivity index (χ2n) is 4.35. The molecular weight excluding hydrogens is 363 g/mol. The van der Waals surface area contributed by atoms with Gasteiger partial charge < -0.3 is 5.73 Å². The van der Waals surface area contributed by atoms with E-state index in [0.717, 1.165) is 16.4 Å². The van der Waals surface area contributed by atoms with Crippen LogP contribution < -0.4 is 10.5 Å². The lowest BCUT2D eigenvalue weighted by Gasteiger charge is -2.26. The number of rotatable bonds is 6. The van der Waals surface area contributed by atoms with Crippen molar-refractivity contribution in [2.24, 2.45) is 5.73 Å². The molecule has 0 heterocycles. The van der Waals surface area contributed by atoms with Crippen molar-refractivity contribution in [3.63, 3.8) is 0 Å². The van der Waals surface area contributed by atoms with E-state index in [1.165, 1.54) is 0 Å². The normalized spacial score (nSPS) is 12.7. The highest BCUT2D eigenvalue weighted by atomic mass is 127. The predicted molar refractivity (Wildman–Crippen MR) is 81.8 cm³/mol. The average molecular weight is 382 g/mol. The van der Waals surface area contributed by atoms with Gasteiger partial charge in [0.1, 0.15) is 0 Å². The maximum Gasteiger partial charge on any atom is 0.240 e. The fourth-order valence-corrected chi connectivity index (χ4v) is 3.39. The highest BCUT2D eigenvalue weighted by Crippen LogP contribution is 2.15. The number of hydrogen-bond acceptors (Lipinski definition) is 3. The number of halogens is 1. The summed E-state index contributed by atoms with van der Waals surface area (Å²) in [4.78, 5) is 0.281. The second-order valence-corrected chi connectivity index (χ2v) is 7.36. The first-order chi connectivity index (χ1) is 8.33. The Morgan fingerprint density at radius 2 is 1.94 bits per heavy atom. The predicted octanol–water partition coefficient (Wildman–Crippen LogP) is 2.09. The van der Waals surface area contributed by atoms with Gasteiger partial charge in [-0.2, -0.15) is 0 Å². The third-order valence-electron chi connectivity index (χ3n) is 3.13. The summed E-state index contributed by atoms with van der Waals surface area (Å²) >= 11 is 2.09. The van der Waals surface area contributed by atoms with Crippen LogP contribution in [0.25, 0.3) is 0 Å². The zero-order valence-corrected chi connectivity index (χ0v) is 13.6. The Bertz CT molecular complexity index is 499. The van der Waals surface area contributed by atoms with Gasteiger partial charge in [0, 0.05) is 15.7 Å². The van der Waals surface area contributed by atoms with E-state index in [1.54, 1.807) is 18.2 Å². The summed E-state index contributed by atoms with van der Waals surface area (Å²) in [5, 5.41) is 0. The highest BCUT2D eigenvalue weighted by Gasteiger charge is 2.23. The molecule has 0 bridgehead atoms. The fourth-order valence-electron chi connectivity index (χ4n) is 1.46. The van der Waals surface area contributed by atoms with Gasteiger partial charge in [0.2, 0.25) is 10.0 Å². The molecule has 0 atom stereocenters. The summed E-state index contributed by atoms with van der Waals surface area (Å²) in [6, 6.07) is 6.80. The van der Waals surface area contributed by atoms with Crippen molar-refractivity contribution in [1.82, 2.24) is 4.72 Å². The molecule has 0 aliphatic rings. The monoisotopic (exact) mass is 382 g/mol. The minimum atomic E-state index is -3.47. The molecule has 1 aromatic carbocycles. The maximum absolute atomic E-state index is 12.1. The molecular formula is C12H19IN2O2S. The third kappa shape index (κ3) is 4.18. The molecule has 0 aliphatic carbocycles. The molecule has 0 saturated heterocycles. The van der Waals surface area contributed by atoms with Crippen LogP contribution in [0.1, 0.15) is 26.7 Å². The number of nitrogens with two attached hydrogens (primary N) is 1. The minimum absolute atomic E-state index is 0.258. The first-order valence-corrected chi connectivity index (χ1v) is 8.43. The van der Waals surface area contributed by atoms with Crippen LogP contribution in [0.2, 0.25) is 0 Å². The largest absolute Gasteiger partial charge is 0.324 e. The van der Waals surface area contributed by atoms with Crippen LogP contribution >= 0.6 is 22.6 Å². The molecule has 1 rings (SSSR count). The topological polar surface area (TPSA) is 72.2 Å². The Morgan fingerprint density at radius 1 is 1.33 bits per heavy atom. The summed E-state index contributed by atoms with van der Waals surface area (Å²) < 4.78 is 27.7. The van der Waals surface area contributed by atoms with Crippen LogP contribution in [-0.4, -0.2) is 20.5 Å². The summed E-state index contributed by atoms with van der Waals surface area (Å²) in [5.74, 6) is 0. The van der Waals surface area contributed by atoms with Gasteiger partial charge >= 0.3 is 0 Å². The van der Waals surface area contributed by atoms with Crippen molar-refractivity contribution in [3.8, 4) is 0 Å². The molecule has 0 aliphatic heterocycles. The van der Waals surface area contributed by atoms with Gasteiger partial charge in [-0.05, 0) is 53.6 Å². The molecule has 0 aromatic heterocycles. The molecule has 6 heteroatoms. The third-order valence-corrected chi connectivity index (χ3v) is 5.20. The summed E-state index contributed by atoms with van der Waals surface area (Å²) in [7, 11) is -3.47. The molecule has 3 N–H and O–H groups in total. The van der Waals surface area contributed by atoms with E-state index in [4.69, 9.17) is 5.73 Å². The molecule has 0 radical (unpaired) electrons. The molecule has 1 aromatic rings. The van der Waals surface area contributed by atoms with Crippen molar-refractivity contribution in [3.05, 3.63) is 27.8 Å². The van der Waals surface area contributed by atoms with Crippen LogP contribution in [0.15, 0.2) is 29.2 Å². The van der Waals surface area contributed by atoms with E-state index < -0.39 is 15.6 Å². The van der Waals surface area contributed by atoms with Crippen molar-refractivity contribution in [2.45, 2.75) is 37.1 Å². The first-order valence-electron chi connectivity index (χ1n) is 5.87. The molecule has 0 amide bonds. The van der Waals surface area contributed by atoms with Crippen molar-refractivity contribution >= 4 is 32.6 Å². The average Bonchev–Trinajstić information content (AvgIpc) is 2.36. The highest BCUT2D eigenvalue weighted by molar-refractivity contribution is 14.1. The van der Waals surface area contributed by atoms with Gasteiger partial charge in [-0.15, -0.1) is 0 Å². The van der Waals surface area contributed by atoms with Gasteiger partial charge in [0.15, 0.2) is 0 Å². The quantitative estimate of drug-likeness (QED) is 0.741. The molecule has 4 nitrogen and oxygen atoms in total. The lowest BCUT2D eigenvalue weighted by molar-refractivity contribution is 0.392. The standard InChI is InChI=1S/C12H19IN2O2S/c1-3-12(14,4-2)9-15-18(16,17)11-7-5-6-10(13)8-11/h5-8,15H,3-4,9,14H2,1-2H3. The van der Waals surface area contributed by atoms with Gasteiger partial charge in [-0.1, -0.05) is 19.9 Å². The summed E-state index contributed by atoms with van der Waals surface area (Å²) in [6.07, 6.45) is 1.47. The molecule has 0 spiro atoms. The van der Waals surface area contributed by atoms with E-state index in [0.29, 0.717) is 0 Å². The minimum Gasteiger partial charge on any atom is -0.324 e. The molecule has 0 unspecified atom stereocenters. The van der Waals surface area contributed by atoms with Crippen molar-refractivity contribution in [1.29, 1.82) is 0 Å². The fraction of sp³-hybridized carbons (Fsp3) is 0.500. The maximum atomic E-state index is 12.1. The van der Waals surface area contributed by atoms with E-state index in [-0.39, 0.29) is 11.4 Å². The Morgan fingerprint density at radius 3 is 2.44 bits per heavy atom. The summed E-state index contributed by atoms with van der Waals surface area (Å²) in [5.41, 5.74) is 5.61. The van der Waals surface area contributed by atoms with E-state index >= 15 is 0 Å². The van der Waals surface area contributed by atoms with Crippen LogP contribution in [0, 0.1) is 3.57 Å². The van der Waals surface area contributed by atoms with Gasteiger partial charge in [0.05, 0.1) is 4.90 Å². The van der Waals surface area contributed by atoms with Crippen LogP contribution in [0.3, 0.4) is 0 Å². The lowest BCUT2D eigenvalue weighted by Crippen LogP contribution is -2.49. The second kappa shape index (κ2) is 6.31. The van der Waals surface area contributed by atoms with Crippen molar-refractivity contribution < 1.29 is 8.42 Å². The van der Waals surface area contributed by atoms with E-state index in [1.807, 2.05) is 19.9 Å². The van der Waals surface area contributed by atoms with Crippen LogP contribution in [0.4, 0.5) is 0 Å². The number of hydrogen-bond donors (Lipinski definition) is 2. The van der Waals surface area contributed by atoms with E-state index in [2.05, 4.69) is 27.3 Å². The Labute approximate surface area is 123 Å². The zero-order chi connectivity index (χ0) is 13.8. The molecule has 0 saturated carbocycles. The molecule has 18 heavy (non-hydrogen) atoms.